The summed E-state index contributed by atoms with van der Waals surface area (Å²) in [5.74, 6) is 0.0126. The topological polar surface area (TPSA) is 70.2 Å². The monoisotopic (exact) mass is 371 g/mol. The number of hydrogen-bond donors (Lipinski definition) is 2. The van der Waals surface area contributed by atoms with Gasteiger partial charge in [-0.3, -0.25) is 4.79 Å². The summed E-state index contributed by atoms with van der Waals surface area (Å²) in [6, 6.07) is 10.7. The normalized spacial score (nSPS) is 22.7. The molecule has 1 aliphatic heterocycles. The van der Waals surface area contributed by atoms with Gasteiger partial charge in [0.1, 0.15) is 11.6 Å². The number of benzene rings is 1. The van der Waals surface area contributed by atoms with E-state index in [0.717, 1.165) is 29.9 Å². The molecule has 0 aliphatic carbocycles. The molecule has 0 bridgehead atoms. The largest absolute Gasteiger partial charge is 0.333 e. The lowest BCUT2D eigenvalue weighted by molar-refractivity contribution is -0.929. The van der Waals surface area contributed by atoms with Crippen LogP contribution in [0, 0.1) is 17.2 Å². The van der Waals surface area contributed by atoms with E-state index in [4.69, 9.17) is 4.98 Å². The number of quaternary nitrogens is 1. The number of nitrogens with one attached hydrogen (secondary N) is 2. The van der Waals surface area contributed by atoms with E-state index >= 15 is 0 Å². The van der Waals surface area contributed by atoms with Crippen LogP contribution in [0.15, 0.2) is 24.3 Å². The Morgan fingerprint density at radius 3 is 2.92 bits per heavy atom. The van der Waals surface area contributed by atoms with Gasteiger partial charge in [-0.15, -0.1) is 11.3 Å². The minimum absolute atomic E-state index is 0.0502. The summed E-state index contributed by atoms with van der Waals surface area (Å²) < 4.78 is 1.20. The molecule has 1 aromatic carbocycles. The number of likely N-dealkylation sites (tertiary alicyclic amines) is 1. The Bertz CT molecular complexity index is 792. The van der Waals surface area contributed by atoms with Crippen molar-refractivity contribution < 1.29 is 9.69 Å². The molecule has 6 heteroatoms. The van der Waals surface area contributed by atoms with Crippen molar-refractivity contribution in [2.24, 2.45) is 5.92 Å². The maximum atomic E-state index is 12.6. The van der Waals surface area contributed by atoms with E-state index in [1.807, 2.05) is 32.0 Å². The van der Waals surface area contributed by atoms with E-state index in [0.29, 0.717) is 6.54 Å². The van der Waals surface area contributed by atoms with Crippen LogP contribution in [-0.4, -0.2) is 29.5 Å². The van der Waals surface area contributed by atoms with Crippen LogP contribution >= 0.6 is 11.3 Å². The van der Waals surface area contributed by atoms with Crippen LogP contribution in [-0.2, 0) is 4.79 Å². The first kappa shape index (κ1) is 18.8. The van der Waals surface area contributed by atoms with Crippen LogP contribution in [0.2, 0.25) is 0 Å². The number of carbonyl (C=O) groups excluding carboxylic acids is 1. The fraction of sp³-hybridized carbons (Fsp3) is 0.550. The maximum Gasteiger partial charge on any atom is 0.276 e. The fourth-order valence-corrected chi connectivity index (χ4v) is 4.63. The number of fused-ring (bicyclic) bond motifs is 1. The van der Waals surface area contributed by atoms with E-state index < -0.39 is 5.54 Å². The molecule has 1 unspecified atom stereocenters. The highest BCUT2D eigenvalue weighted by Crippen LogP contribution is 2.28. The van der Waals surface area contributed by atoms with Gasteiger partial charge in [-0.1, -0.05) is 26.0 Å². The first-order valence-corrected chi connectivity index (χ1v) is 10.2. The quantitative estimate of drug-likeness (QED) is 0.848. The Labute approximate surface area is 159 Å². The van der Waals surface area contributed by atoms with Gasteiger partial charge in [-0.05, 0) is 37.8 Å². The van der Waals surface area contributed by atoms with Crippen LogP contribution in [0.3, 0.4) is 0 Å². The summed E-state index contributed by atoms with van der Waals surface area (Å²) in [4.78, 5) is 18.7. The number of nitriles is 1. The Kier molecular flexibility index (Phi) is 5.59. The van der Waals surface area contributed by atoms with Crippen LogP contribution in [0.4, 0.5) is 0 Å². The van der Waals surface area contributed by atoms with Crippen molar-refractivity contribution in [3.63, 3.8) is 0 Å². The van der Waals surface area contributed by atoms with Gasteiger partial charge < -0.3 is 10.2 Å². The number of thiazole rings is 1. The maximum absolute atomic E-state index is 12.6. The molecular formula is C20H27N4OS+. The van der Waals surface area contributed by atoms with Gasteiger partial charge in [0, 0.05) is 6.42 Å². The Hall–Kier alpha value is -1.97. The molecule has 1 aromatic heterocycles. The van der Waals surface area contributed by atoms with Crippen molar-refractivity contribution in [3.05, 3.63) is 29.3 Å². The highest BCUT2D eigenvalue weighted by Gasteiger charge is 2.35. The lowest BCUT2D eigenvalue weighted by Crippen LogP contribution is -3.14. The minimum atomic E-state index is -0.822. The molecule has 1 saturated heterocycles. The molecule has 2 N–H and O–H groups in total. The van der Waals surface area contributed by atoms with E-state index in [9.17, 15) is 10.1 Å². The van der Waals surface area contributed by atoms with Crippen molar-refractivity contribution in [2.45, 2.75) is 51.6 Å². The molecule has 2 heterocycles. The van der Waals surface area contributed by atoms with Gasteiger partial charge >= 0.3 is 0 Å². The summed E-state index contributed by atoms with van der Waals surface area (Å²) >= 11 is 1.74. The number of amides is 1. The molecule has 3 rings (SSSR count). The van der Waals surface area contributed by atoms with Gasteiger partial charge in [-0.2, -0.15) is 5.26 Å². The molecule has 1 aliphatic rings. The molecule has 1 fully saturated rings. The molecule has 0 saturated carbocycles. The molecule has 3 atom stereocenters. The Morgan fingerprint density at radius 1 is 1.46 bits per heavy atom. The van der Waals surface area contributed by atoms with Gasteiger partial charge in [0.2, 0.25) is 0 Å². The standard InChI is InChI=1S/C20H26N4OS/c1-14(2)20(3,13-21)23-18(25)12-24-11-7-6-9-16(24)19-22-15-8-4-5-10-17(15)26-19/h4-5,8,10,14,16H,6-7,9,11-12H2,1-3H3,(H,23,25)/p+1/t16-,20-/m1/s1. The minimum Gasteiger partial charge on any atom is -0.333 e. The van der Waals surface area contributed by atoms with Gasteiger partial charge in [0.15, 0.2) is 11.6 Å². The van der Waals surface area contributed by atoms with Gasteiger partial charge in [-0.25, -0.2) is 4.98 Å². The third kappa shape index (κ3) is 3.89. The highest BCUT2D eigenvalue weighted by molar-refractivity contribution is 7.18. The number of hydrogen-bond acceptors (Lipinski definition) is 4. The predicted molar refractivity (Wildman–Crippen MR) is 104 cm³/mol. The smallest absolute Gasteiger partial charge is 0.276 e. The number of rotatable bonds is 5. The van der Waals surface area contributed by atoms with E-state index in [1.54, 1.807) is 18.3 Å². The van der Waals surface area contributed by atoms with Crippen molar-refractivity contribution >= 4 is 27.5 Å². The summed E-state index contributed by atoms with van der Waals surface area (Å²) in [7, 11) is 0. The summed E-state index contributed by atoms with van der Waals surface area (Å²) in [5, 5.41) is 13.5. The lowest BCUT2D eigenvalue weighted by Gasteiger charge is -2.32. The summed E-state index contributed by atoms with van der Waals surface area (Å²) in [5.41, 5.74) is 0.219. The number of carbonyl (C=O) groups is 1. The van der Waals surface area contributed by atoms with Crippen LogP contribution < -0.4 is 10.2 Å². The molecule has 26 heavy (non-hydrogen) atoms. The van der Waals surface area contributed by atoms with Gasteiger partial charge in [0.05, 0.1) is 22.8 Å². The van der Waals surface area contributed by atoms with Crippen LogP contribution in [0.5, 0.6) is 0 Å². The number of aromatic nitrogens is 1. The first-order chi connectivity index (χ1) is 12.4. The van der Waals surface area contributed by atoms with Crippen LogP contribution in [0.1, 0.15) is 51.1 Å². The van der Waals surface area contributed by atoms with Gasteiger partial charge in [0.25, 0.3) is 5.91 Å². The number of nitrogens with zero attached hydrogens (tertiary/aromatic N) is 2. The zero-order valence-corrected chi connectivity index (χ0v) is 16.5. The summed E-state index contributed by atoms with van der Waals surface area (Å²) in [6.07, 6.45) is 3.36. The van der Waals surface area contributed by atoms with Crippen molar-refractivity contribution in [2.75, 3.05) is 13.1 Å². The van der Waals surface area contributed by atoms with E-state index in [-0.39, 0.29) is 17.9 Å². The molecule has 0 spiro atoms. The number of para-hydroxylation sites is 1. The van der Waals surface area contributed by atoms with E-state index in [2.05, 4.69) is 17.5 Å². The zero-order valence-electron chi connectivity index (χ0n) is 15.7. The number of piperidine rings is 1. The second kappa shape index (κ2) is 7.73. The predicted octanol–water partition coefficient (Wildman–Crippen LogP) is 2.46. The third-order valence-corrected chi connectivity index (χ3v) is 6.67. The Morgan fingerprint density at radius 2 is 2.23 bits per heavy atom. The highest BCUT2D eigenvalue weighted by atomic mass is 32.1. The molecular weight excluding hydrogens is 344 g/mol. The summed E-state index contributed by atoms with van der Waals surface area (Å²) in [6.45, 7) is 7.08. The first-order valence-electron chi connectivity index (χ1n) is 9.35. The van der Waals surface area contributed by atoms with Crippen molar-refractivity contribution in [1.82, 2.24) is 10.3 Å². The van der Waals surface area contributed by atoms with E-state index in [1.165, 1.54) is 16.0 Å². The van der Waals surface area contributed by atoms with Crippen molar-refractivity contribution in [1.29, 1.82) is 5.26 Å². The second-order valence-corrected chi connectivity index (χ2v) is 8.73. The SMILES string of the molecule is CC(C)[C@@](C)(C#N)NC(=O)C[NH+]1CCCC[C@@H]1c1nc2ccccc2s1. The fourth-order valence-electron chi connectivity index (χ4n) is 3.47. The molecule has 138 valence electrons. The second-order valence-electron chi connectivity index (χ2n) is 7.67. The zero-order chi connectivity index (χ0) is 18.7. The molecule has 1 amide bonds. The van der Waals surface area contributed by atoms with Crippen LogP contribution in [0.25, 0.3) is 10.2 Å². The van der Waals surface area contributed by atoms with Crippen molar-refractivity contribution in [3.8, 4) is 6.07 Å². The third-order valence-electron chi connectivity index (χ3n) is 5.52. The average molecular weight is 372 g/mol. The Balaban J connectivity index is 1.75. The lowest BCUT2D eigenvalue weighted by atomic mass is 9.90. The molecule has 5 nitrogen and oxygen atoms in total. The average Bonchev–Trinajstić information content (AvgIpc) is 3.05. The molecule has 2 aromatic rings. The molecule has 0 radical (unpaired) electrons.